The van der Waals surface area contributed by atoms with E-state index in [1.807, 2.05) is 0 Å². The molecule has 0 aliphatic carbocycles. The molecule has 1 fully saturated rings. The number of hydrogen-bond donors (Lipinski definition) is 3. The van der Waals surface area contributed by atoms with Crippen molar-refractivity contribution in [3.8, 4) is 11.6 Å². The molecule has 0 spiro atoms. The second-order valence-corrected chi connectivity index (χ2v) is 11.5. The third kappa shape index (κ3) is 8.32. The van der Waals surface area contributed by atoms with E-state index in [-0.39, 0.29) is 28.5 Å². The van der Waals surface area contributed by atoms with E-state index in [0.29, 0.717) is 19.2 Å². The van der Waals surface area contributed by atoms with E-state index >= 15 is 0 Å². The van der Waals surface area contributed by atoms with Crippen molar-refractivity contribution in [2.45, 2.75) is 43.8 Å². The minimum atomic E-state index is -4.81. The maximum Gasteiger partial charge on any atom is 0.418 e. The predicted octanol–water partition coefficient (Wildman–Crippen LogP) is 4.73. The van der Waals surface area contributed by atoms with Gasteiger partial charge in [0.2, 0.25) is 11.8 Å². The number of alkyl halides is 3. The van der Waals surface area contributed by atoms with Crippen molar-refractivity contribution < 1.29 is 46.0 Å². The van der Waals surface area contributed by atoms with Gasteiger partial charge in [0.25, 0.3) is 18.3 Å². The monoisotopic (exact) mass is 625 g/mol. The SMILES string of the molecule is Cc1nc(F)ccc1Oc1ncc(C(F)(F)F)c(C)c1C(=O)Nc1cccc([S@@](C)(=O)=NC(=O)[C@H]2CCCN2)c1.O=CO. The standard InChI is InChI=1S/C26H25F4N5O4S.CH2O2/c1-14-18(26(28,29)30)13-32-25(39-20-9-10-21(27)33-15(20)2)22(14)24(37)34-16-6-4-7-17(12-16)40(3,38)35-23(36)19-8-5-11-31-19;2-1-3/h4,6-7,9-10,12-13,19,31H,5,8,11H2,1-3H3,(H,34,37);1H,(H,2,3)/t19-,40-;/m1./s1. The van der Waals surface area contributed by atoms with Crippen LogP contribution < -0.4 is 15.4 Å². The van der Waals surface area contributed by atoms with Gasteiger partial charge in [-0.15, -0.1) is 0 Å². The van der Waals surface area contributed by atoms with Crippen molar-refractivity contribution in [2.75, 3.05) is 18.1 Å². The van der Waals surface area contributed by atoms with E-state index in [2.05, 4.69) is 25.0 Å². The molecule has 0 unspecified atom stereocenters. The number of nitrogens with one attached hydrogen (secondary N) is 2. The van der Waals surface area contributed by atoms with Crippen LogP contribution in [0.3, 0.4) is 0 Å². The number of hydrogen-bond acceptors (Lipinski definition) is 8. The first kappa shape index (κ1) is 33.1. The minimum Gasteiger partial charge on any atom is -0.483 e. The maximum atomic E-state index is 13.6. The van der Waals surface area contributed by atoms with Gasteiger partial charge in [0.15, 0.2) is 5.75 Å². The van der Waals surface area contributed by atoms with Crippen LogP contribution in [0, 0.1) is 19.8 Å². The van der Waals surface area contributed by atoms with Crippen LogP contribution in [0.5, 0.6) is 11.6 Å². The number of benzene rings is 1. The molecule has 1 aromatic carbocycles. The zero-order chi connectivity index (χ0) is 31.9. The molecule has 4 rings (SSSR count). The Balaban J connectivity index is 0.00000162. The lowest BCUT2D eigenvalue weighted by Crippen LogP contribution is -2.30. The number of pyridine rings is 2. The average molecular weight is 626 g/mol. The van der Waals surface area contributed by atoms with Gasteiger partial charge in [-0.05, 0) is 69.1 Å². The topological polar surface area (TPSA) is 160 Å². The Morgan fingerprint density at radius 3 is 2.53 bits per heavy atom. The number of aromatic nitrogens is 2. The molecular formula is C27H27F4N5O6S. The molecule has 11 nitrogen and oxygen atoms in total. The van der Waals surface area contributed by atoms with Crippen molar-refractivity contribution in [2.24, 2.45) is 4.36 Å². The fourth-order valence-corrected chi connectivity index (χ4v) is 5.38. The first-order chi connectivity index (χ1) is 20.2. The van der Waals surface area contributed by atoms with Gasteiger partial charge in [-0.25, -0.2) is 14.2 Å². The highest BCUT2D eigenvalue weighted by molar-refractivity contribution is 7.93. The van der Waals surface area contributed by atoms with Crippen molar-refractivity contribution in [3.63, 3.8) is 0 Å². The van der Waals surface area contributed by atoms with Crippen molar-refractivity contribution >= 4 is 33.7 Å². The molecule has 3 aromatic rings. The summed E-state index contributed by atoms with van der Waals surface area (Å²) in [5.41, 5.74) is -1.96. The fourth-order valence-electron chi connectivity index (χ4n) is 4.13. The van der Waals surface area contributed by atoms with Gasteiger partial charge < -0.3 is 20.5 Å². The second kappa shape index (κ2) is 13.7. The van der Waals surface area contributed by atoms with Crippen LogP contribution in [0.15, 0.2) is 51.9 Å². The van der Waals surface area contributed by atoms with Gasteiger partial charge in [-0.3, -0.25) is 14.4 Å². The summed E-state index contributed by atoms with van der Waals surface area (Å²) in [6.07, 6.45) is -1.61. The number of halogens is 4. The third-order valence-corrected chi connectivity index (χ3v) is 7.85. The molecule has 0 bridgehead atoms. The highest BCUT2D eigenvalue weighted by atomic mass is 32.2. The lowest BCUT2D eigenvalue weighted by atomic mass is 10.0. The van der Waals surface area contributed by atoms with Gasteiger partial charge in [-0.2, -0.15) is 21.9 Å². The zero-order valence-corrected chi connectivity index (χ0v) is 23.9. The van der Waals surface area contributed by atoms with Crippen LogP contribution in [0.25, 0.3) is 0 Å². The molecule has 2 amide bonds. The number of carboxylic acid groups (broad SMARTS) is 1. The molecule has 16 heteroatoms. The molecule has 0 saturated carbocycles. The Morgan fingerprint density at radius 2 is 1.93 bits per heavy atom. The van der Waals surface area contributed by atoms with Gasteiger partial charge in [0.05, 0.1) is 27.0 Å². The molecule has 0 radical (unpaired) electrons. The molecule has 1 aliphatic rings. The number of anilines is 1. The smallest absolute Gasteiger partial charge is 0.418 e. The Kier molecular flexibility index (Phi) is 10.5. The van der Waals surface area contributed by atoms with Gasteiger partial charge in [0, 0.05) is 23.0 Å². The van der Waals surface area contributed by atoms with E-state index in [9.17, 15) is 31.4 Å². The number of carbonyl (C=O) groups is 3. The minimum absolute atomic E-state index is 0.0159. The maximum absolute atomic E-state index is 13.6. The van der Waals surface area contributed by atoms with Crippen molar-refractivity contribution in [1.29, 1.82) is 0 Å². The summed E-state index contributed by atoms with van der Waals surface area (Å²) in [5, 5.41) is 12.4. The molecule has 1 aliphatic heterocycles. The van der Waals surface area contributed by atoms with Gasteiger partial charge in [-0.1, -0.05) is 6.07 Å². The van der Waals surface area contributed by atoms with Crippen LogP contribution in [-0.2, 0) is 25.5 Å². The Labute approximate surface area is 243 Å². The first-order valence-corrected chi connectivity index (χ1v) is 14.5. The third-order valence-electron chi connectivity index (χ3n) is 6.20. The summed E-state index contributed by atoms with van der Waals surface area (Å²) >= 11 is 0. The highest BCUT2D eigenvalue weighted by Gasteiger charge is 2.36. The Hall–Kier alpha value is -4.44. The summed E-state index contributed by atoms with van der Waals surface area (Å²) in [7, 11) is -3.20. The lowest BCUT2D eigenvalue weighted by molar-refractivity contribution is -0.138. The number of nitrogens with zero attached hydrogens (tertiary/aromatic N) is 3. The van der Waals surface area contributed by atoms with Crippen LogP contribution in [-0.4, -0.2) is 56.4 Å². The van der Waals surface area contributed by atoms with E-state index < -0.39 is 62.3 Å². The Bertz CT molecular complexity index is 1650. The largest absolute Gasteiger partial charge is 0.483 e. The van der Waals surface area contributed by atoms with Gasteiger partial charge in [0.1, 0.15) is 5.56 Å². The normalized spacial score (nSPS) is 15.8. The second-order valence-electron chi connectivity index (χ2n) is 9.26. The summed E-state index contributed by atoms with van der Waals surface area (Å²) in [6.45, 7) is 2.92. The molecule has 2 aromatic heterocycles. The van der Waals surface area contributed by atoms with Crippen molar-refractivity contribution in [3.05, 3.63) is 70.9 Å². The van der Waals surface area contributed by atoms with Crippen LogP contribution in [0.2, 0.25) is 0 Å². The average Bonchev–Trinajstić information content (AvgIpc) is 3.45. The van der Waals surface area contributed by atoms with E-state index in [1.165, 1.54) is 43.5 Å². The number of amides is 2. The number of ether oxygens (including phenoxy) is 1. The molecule has 2 atom stereocenters. The van der Waals surface area contributed by atoms with E-state index in [1.54, 1.807) is 0 Å². The van der Waals surface area contributed by atoms with Crippen LogP contribution in [0.1, 0.15) is 40.0 Å². The zero-order valence-electron chi connectivity index (χ0n) is 23.1. The summed E-state index contributed by atoms with van der Waals surface area (Å²) in [4.78, 5) is 41.6. The summed E-state index contributed by atoms with van der Waals surface area (Å²) in [6, 6.07) is 7.37. The van der Waals surface area contributed by atoms with Crippen molar-refractivity contribution in [1.82, 2.24) is 15.3 Å². The fraction of sp³-hybridized carbons (Fsp3) is 0.296. The van der Waals surface area contributed by atoms with Crippen LogP contribution >= 0.6 is 0 Å². The van der Waals surface area contributed by atoms with Gasteiger partial charge >= 0.3 is 6.18 Å². The van der Waals surface area contributed by atoms with E-state index in [0.717, 1.165) is 19.4 Å². The quantitative estimate of drug-likeness (QED) is 0.200. The van der Waals surface area contributed by atoms with Crippen LogP contribution in [0.4, 0.5) is 23.2 Å². The molecule has 3 N–H and O–H groups in total. The predicted molar refractivity (Wildman–Crippen MR) is 147 cm³/mol. The Morgan fingerprint density at radius 1 is 1.23 bits per heavy atom. The number of carbonyl (C=O) groups excluding carboxylic acids is 2. The van der Waals surface area contributed by atoms with E-state index in [4.69, 9.17) is 14.6 Å². The summed E-state index contributed by atoms with van der Waals surface area (Å²) < 4.78 is 77.1. The molecular weight excluding hydrogens is 598 g/mol. The highest BCUT2D eigenvalue weighted by Crippen LogP contribution is 2.37. The summed E-state index contributed by atoms with van der Waals surface area (Å²) in [5.74, 6) is -2.81. The number of rotatable bonds is 6. The lowest BCUT2D eigenvalue weighted by Gasteiger charge is -2.17. The molecule has 3 heterocycles. The molecule has 230 valence electrons. The number of aryl methyl sites for hydroxylation is 1. The molecule has 43 heavy (non-hydrogen) atoms. The first-order valence-electron chi connectivity index (χ1n) is 12.5. The molecule has 1 saturated heterocycles.